The van der Waals surface area contributed by atoms with E-state index < -0.39 is 17.7 Å². The van der Waals surface area contributed by atoms with E-state index in [-0.39, 0.29) is 5.75 Å². The normalized spacial score (nSPS) is 11.1. The molecular formula is C10H6BrClO5. The Morgan fingerprint density at radius 2 is 2.00 bits per heavy atom. The molecule has 5 nitrogen and oxygen atoms in total. The van der Waals surface area contributed by atoms with Crippen LogP contribution in [0.1, 0.15) is 0 Å². The molecule has 0 aliphatic heterocycles. The fraction of sp³-hybridized carbons (Fsp3) is 0. The lowest BCUT2D eigenvalue weighted by Gasteiger charge is -2.07. The van der Waals surface area contributed by atoms with Crippen LogP contribution in [0.3, 0.4) is 0 Å². The quantitative estimate of drug-likeness (QED) is 0.657. The van der Waals surface area contributed by atoms with Gasteiger partial charge in [-0.25, -0.2) is 9.59 Å². The third kappa shape index (κ3) is 4.08. The van der Waals surface area contributed by atoms with E-state index in [1.54, 1.807) is 0 Å². The van der Waals surface area contributed by atoms with Gasteiger partial charge < -0.3 is 14.9 Å². The van der Waals surface area contributed by atoms with Crippen molar-refractivity contribution in [1.29, 1.82) is 0 Å². The fourth-order valence-corrected chi connectivity index (χ4v) is 1.69. The fourth-order valence-electron chi connectivity index (χ4n) is 0.923. The number of rotatable bonds is 4. The molecule has 17 heavy (non-hydrogen) atoms. The van der Waals surface area contributed by atoms with Crippen molar-refractivity contribution >= 4 is 39.5 Å². The number of carboxylic acids is 2. The van der Waals surface area contributed by atoms with Gasteiger partial charge in [-0.15, -0.1) is 0 Å². The molecule has 0 heterocycles. The SMILES string of the molecule is O=C(O)/C=C(/Oc1ccc(Cl)cc1Br)C(=O)O. The molecule has 0 radical (unpaired) electrons. The molecule has 0 unspecified atom stereocenters. The summed E-state index contributed by atoms with van der Waals surface area (Å²) in [6.45, 7) is 0. The first-order valence-corrected chi connectivity index (χ1v) is 5.38. The third-order valence-electron chi connectivity index (χ3n) is 1.58. The highest BCUT2D eigenvalue weighted by Crippen LogP contribution is 2.29. The predicted octanol–water partition coefficient (Wildman–Crippen LogP) is 2.53. The molecule has 0 bridgehead atoms. The topological polar surface area (TPSA) is 83.8 Å². The van der Waals surface area contributed by atoms with Crippen LogP contribution in [0.4, 0.5) is 0 Å². The maximum atomic E-state index is 10.7. The Balaban J connectivity index is 3.02. The van der Waals surface area contributed by atoms with Gasteiger partial charge in [0.15, 0.2) is 0 Å². The summed E-state index contributed by atoms with van der Waals surface area (Å²) < 4.78 is 5.37. The van der Waals surface area contributed by atoms with E-state index >= 15 is 0 Å². The van der Waals surface area contributed by atoms with Crippen molar-refractivity contribution < 1.29 is 24.5 Å². The molecule has 0 fully saturated rings. The highest BCUT2D eigenvalue weighted by Gasteiger charge is 2.14. The molecule has 0 aliphatic carbocycles. The van der Waals surface area contributed by atoms with E-state index in [0.29, 0.717) is 15.6 Å². The second-order valence-electron chi connectivity index (χ2n) is 2.83. The Bertz CT molecular complexity index is 497. The first-order chi connectivity index (χ1) is 7.90. The minimum absolute atomic E-state index is 0.157. The van der Waals surface area contributed by atoms with E-state index in [1.807, 2.05) is 0 Å². The number of benzene rings is 1. The van der Waals surface area contributed by atoms with Crippen LogP contribution in [0, 0.1) is 0 Å². The lowest BCUT2D eigenvalue weighted by Crippen LogP contribution is -2.10. The second-order valence-corrected chi connectivity index (χ2v) is 4.12. The minimum Gasteiger partial charge on any atom is -0.478 e. The van der Waals surface area contributed by atoms with Gasteiger partial charge in [-0.3, -0.25) is 0 Å². The van der Waals surface area contributed by atoms with Gasteiger partial charge in [0.25, 0.3) is 0 Å². The molecule has 1 aromatic rings. The number of carboxylic acid groups (broad SMARTS) is 2. The van der Waals surface area contributed by atoms with Crippen molar-refractivity contribution in [2.45, 2.75) is 0 Å². The van der Waals surface area contributed by atoms with Crippen LogP contribution in [-0.4, -0.2) is 22.2 Å². The molecule has 0 amide bonds. The van der Waals surface area contributed by atoms with Gasteiger partial charge in [0.1, 0.15) is 5.75 Å². The third-order valence-corrected chi connectivity index (χ3v) is 2.43. The van der Waals surface area contributed by atoms with Gasteiger partial charge >= 0.3 is 11.9 Å². The van der Waals surface area contributed by atoms with Crippen LogP contribution in [0.5, 0.6) is 5.75 Å². The van der Waals surface area contributed by atoms with Gasteiger partial charge in [0.2, 0.25) is 5.76 Å². The van der Waals surface area contributed by atoms with E-state index in [9.17, 15) is 9.59 Å². The second kappa shape index (κ2) is 5.70. The number of aliphatic carboxylic acids is 2. The number of ether oxygens (including phenoxy) is 1. The molecule has 1 aromatic carbocycles. The van der Waals surface area contributed by atoms with Crippen molar-refractivity contribution in [3.05, 3.63) is 39.5 Å². The van der Waals surface area contributed by atoms with Crippen molar-refractivity contribution in [1.82, 2.24) is 0 Å². The lowest BCUT2D eigenvalue weighted by molar-refractivity contribution is -0.137. The summed E-state index contributed by atoms with van der Waals surface area (Å²) in [5.74, 6) is -3.42. The Kier molecular flexibility index (Phi) is 4.53. The maximum absolute atomic E-state index is 10.7. The van der Waals surface area contributed by atoms with Crippen LogP contribution < -0.4 is 4.74 Å². The average Bonchev–Trinajstić information content (AvgIpc) is 2.19. The minimum atomic E-state index is -1.48. The summed E-state index contributed by atoms with van der Waals surface area (Å²) >= 11 is 8.80. The molecule has 7 heteroatoms. The molecule has 0 spiro atoms. The zero-order valence-corrected chi connectivity index (χ0v) is 10.5. The number of hydrogen-bond donors (Lipinski definition) is 2. The molecule has 2 N–H and O–H groups in total. The zero-order chi connectivity index (χ0) is 13.0. The van der Waals surface area contributed by atoms with Crippen LogP contribution in [0.2, 0.25) is 5.02 Å². The zero-order valence-electron chi connectivity index (χ0n) is 8.18. The van der Waals surface area contributed by atoms with Gasteiger partial charge in [-0.2, -0.15) is 0 Å². The summed E-state index contributed by atoms with van der Waals surface area (Å²) in [6, 6.07) is 4.41. The first-order valence-electron chi connectivity index (χ1n) is 4.21. The summed E-state index contributed by atoms with van der Waals surface area (Å²) in [5, 5.41) is 17.6. The van der Waals surface area contributed by atoms with Crippen LogP contribution >= 0.6 is 27.5 Å². The van der Waals surface area contributed by atoms with E-state index in [2.05, 4.69) is 15.9 Å². The van der Waals surface area contributed by atoms with Crippen molar-refractivity contribution in [3.8, 4) is 5.75 Å². The number of hydrogen-bond acceptors (Lipinski definition) is 3. The van der Waals surface area contributed by atoms with Gasteiger partial charge in [-0.1, -0.05) is 11.6 Å². The van der Waals surface area contributed by atoms with Crippen molar-refractivity contribution in [2.24, 2.45) is 0 Å². The standard InChI is InChI=1S/C10H6BrClO5/c11-6-3-5(12)1-2-7(6)17-8(10(15)16)4-9(13)14/h1-4H,(H,13,14)(H,15,16)/b8-4+. The Morgan fingerprint density at radius 1 is 1.35 bits per heavy atom. The van der Waals surface area contributed by atoms with Gasteiger partial charge in [-0.05, 0) is 34.1 Å². The molecule has 1 rings (SSSR count). The van der Waals surface area contributed by atoms with Gasteiger partial charge in [0.05, 0.1) is 10.5 Å². The summed E-state index contributed by atoms with van der Waals surface area (Å²) in [4.78, 5) is 21.1. The lowest BCUT2D eigenvalue weighted by atomic mass is 10.3. The molecule has 0 saturated heterocycles. The monoisotopic (exact) mass is 320 g/mol. The maximum Gasteiger partial charge on any atom is 0.372 e. The van der Waals surface area contributed by atoms with Crippen LogP contribution in [0.25, 0.3) is 0 Å². The Labute approximate surface area is 109 Å². The predicted molar refractivity (Wildman–Crippen MR) is 63.1 cm³/mol. The molecule has 0 saturated carbocycles. The van der Waals surface area contributed by atoms with Gasteiger partial charge in [0, 0.05) is 5.02 Å². The van der Waals surface area contributed by atoms with E-state index in [4.69, 9.17) is 26.6 Å². The number of carbonyl (C=O) groups is 2. The highest BCUT2D eigenvalue weighted by atomic mass is 79.9. The largest absolute Gasteiger partial charge is 0.478 e. The highest BCUT2D eigenvalue weighted by molar-refractivity contribution is 9.10. The molecule has 0 aromatic heterocycles. The molecule has 90 valence electrons. The number of halogens is 2. The molecule has 0 atom stereocenters. The Hall–Kier alpha value is -1.53. The van der Waals surface area contributed by atoms with Crippen LogP contribution in [-0.2, 0) is 9.59 Å². The van der Waals surface area contributed by atoms with E-state index in [0.717, 1.165) is 0 Å². The summed E-state index contributed by atoms with van der Waals surface area (Å²) in [5.41, 5.74) is 0. The summed E-state index contributed by atoms with van der Waals surface area (Å²) in [7, 11) is 0. The van der Waals surface area contributed by atoms with E-state index in [1.165, 1.54) is 18.2 Å². The summed E-state index contributed by atoms with van der Waals surface area (Å²) in [6.07, 6.45) is 0.462. The van der Waals surface area contributed by atoms with Crippen molar-refractivity contribution in [2.75, 3.05) is 0 Å². The smallest absolute Gasteiger partial charge is 0.372 e. The van der Waals surface area contributed by atoms with Crippen molar-refractivity contribution in [3.63, 3.8) is 0 Å². The first kappa shape index (κ1) is 13.5. The van der Waals surface area contributed by atoms with Crippen LogP contribution in [0.15, 0.2) is 34.5 Å². The average molecular weight is 322 g/mol. The molecular weight excluding hydrogens is 315 g/mol. The Morgan fingerprint density at radius 3 is 2.47 bits per heavy atom. The molecule has 0 aliphatic rings.